The number of fused-ring (bicyclic) bond motifs is 3. The molecule has 0 saturated carbocycles. The summed E-state index contributed by atoms with van der Waals surface area (Å²) in [6, 6.07) is 15.3. The number of rotatable bonds is 10. The molecule has 3 N–H and O–H groups in total. The normalized spacial score (nSPS) is 14.4. The molecule has 0 bridgehead atoms. The van der Waals surface area contributed by atoms with Crippen LogP contribution in [0.2, 0.25) is 0 Å². The summed E-state index contributed by atoms with van der Waals surface area (Å²) in [6.07, 6.45) is 0.880. The van der Waals surface area contributed by atoms with Crippen molar-refractivity contribution in [3.05, 3.63) is 59.7 Å². The maximum Gasteiger partial charge on any atom is 0.407 e. The topological polar surface area (TPSA) is 105 Å². The van der Waals surface area contributed by atoms with Gasteiger partial charge in [-0.1, -0.05) is 82.6 Å². The van der Waals surface area contributed by atoms with Crippen molar-refractivity contribution in [2.75, 3.05) is 13.2 Å². The van der Waals surface area contributed by atoms with Gasteiger partial charge in [-0.25, -0.2) is 9.59 Å². The summed E-state index contributed by atoms with van der Waals surface area (Å²) >= 11 is 0. The first-order valence-corrected chi connectivity index (χ1v) is 12.2. The molecule has 1 aliphatic rings. The van der Waals surface area contributed by atoms with E-state index in [1.54, 1.807) is 0 Å². The van der Waals surface area contributed by atoms with Crippen LogP contribution in [0.5, 0.6) is 0 Å². The average molecular weight is 481 g/mol. The summed E-state index contributed by atoms with van der Waals surface area (Å²) in [7, 11) is 0. The molecule has 0 saturated heterocycles. The second kappa shape index (κ2) is 11.4. The fraction of sp³-hybridized carbons (Fsp3) is 0.464. The fourth-order valence-corrected chi connectivity index (χ4v) is 4.69. The molecule has 35 heavy (non-hydrogen) atoms. The first kappa shape index (κ1) is 26.3. The van der Waals surface area contributed by atoms with Crippen molar-refractivity contribution in [2.24, 2.45) is 11.3 Å². The zero-order valence-electron chi connectivity index (χ0n) is 21.0. The summed E-state index contributed by atoms with van der Waals surface area (Å²) in [5, 5.41) is 14.7. The van der Waals surface area contributed by atoms with Crippen LogP contribution in [0.3, 0.4) is 0 Å². The smallest absolute Gasteiger partial charge is 0.407 e. The van der Waals surface area contributed by atoms with Crippen molar-refractivity contribution in [2.45, 2.75) is 58.9 Å². The Balaban J connectivity index is 1.62. The average Bonchev–Trinajstić information content (AvgIpc) is 3.13. The van der Waals surface area contributed by atoms with Crippen molar-refractivity contribution in [3.8, 4) is 11.1 Å². The van der Waals surface area contributed by atoms with Gasteiger partial charge in [0.15, 0.2) is 0 Å². The highest BCUT2D eigenvalue weighted by atomic mass is 16.5. The van der Waals surface area contributed by atoms with Crippen molar-refractivity contribution >= 4 is 18.0 Å². The van der Waals surface area contributed by atoms with Crippen molar-refractivity contribution in [3.63, 3.8) is 0 Å². The Labute approximate surface area is 207 Å². The lowest BCUT2D eigenvalue weighted by atomic mass is 9.84. The van der Waals surface area contributed by atoms with Crippen LogP contribution in [-0.2, 0) is 14.3 Å². The van der Waals surface area contributed by atoms with Gasteiger partial charge in [-0.05, 0) is 40.5 Å². The van der Waals surface area contributed by atoms with Gasteiger partial charge >= 0.3 is 12.1 Å². The molecule has 1 aliphatic carbocycles. The Morgan fingerprint density at radius 3 is 2.09 bits per heavy atom. The maximum absolute atomic E-state index is 12.9. The highest BCUT2D eigenvalue weighted by molar-refractivity contribution is 5.85. The van der Waals surface area contributed by atoms with E-state index in [9.17, 15) is 19.5 Å². The van der Waals surface area contributed by atoms with Crippen LogP contribution in [0.25, 0.3) is 11.1 Å². The fourth-order valence-electron chi connectivity index (χ4n) is 4.69. The van der Waals surface area contributed by atoms with E-state index in [2.05, 4.69) is 34.9 Å². The molecule has 0 fully saturated rings. The van der Waals surface area contributed by atoms with Gasteiger partial charge in [0.05, 0.1) is 5.92 Å². The van der Waals surface area contributed by atoms with E-state index in [0.717, 1.165) is 22.3 Å². The molecule has 1 unspecified atom stereocenters. The number of nitrogens with one attached hydrogen (secondary N) is 2. The summed E-state index contributed by atoms with van der Waals surface area (Å²) in [4.78, 5) is 37.0. The van der Waals surface area contributed by atoms with Gasteiger partial charge < -0.3 is 20.5 Å². The molecule has 188 valence electrons. The third-order valence-electron chi connectivity index (χ3n) is 6.26. The molecule has 7 nitrogen and oxygen atoms in total. The van der Waals surface area contributed by atoms with Crippen LogP contribution in [0.1, 0.15) is 64.0 Å². The number of alkyl carbamates (subject to hydrolysis) is 1. The standard InChI is InChI=1S/C28H36N2O5/c1-5-10-24(26(32)33)30-25(31)18(15-28(2,3)4)16-29-27(34)35-17-23-21-13-8-6-11-19(21)20-12-7-9-14-22(20)23/h6-9,11-14,18,23-24H,5,10,15-17H2,1-4H3,(H,29,34)(H,30,31)(H,32,33)/t18?,24-/m1/s1. The molecule has 0 spiro atoms. The number of aliphatic carboxylic acids is 1. The van der Waals surface area contributed by atoms with Crippen LogP contribution in [0, 0.1) is 11.3 Å². The van der Waals surface area contributed by atoms with E-state index < -0.39 is 24.0 Å². The third-order valence-corrected chi connectivity index (χ3v) is 6.26. The zero-order chi connectivity index (χ0) is 25.6. The summed E-state index contributed by atoms with van der Waals surface area (Å²) in [5.74, 6) is -2.06. The van der Waals surface area contributed by atoms with Gasteiger partial charge in [0.25, 0.3) is 0 Å². The van der Waals surface area contributed by atoms with Crippen LogP contribution >= 0.6 is 0 Å². The molecule has 2 atom stereocenters. The van der Waals surface area contributed by atoms with Crippen LogP contribution < -0.4 is 10.6 Å². The molecule has 2 aromatic carbocycles. The molecule has 0 aromatic heterocycles. The lowest BCUT2D eigenvalue weighted by Gasteiger charge is -2.27. The number of hydrogen-bond donors (Lipinski definition) is 3. The maximum atomic E-state index is 12.9. The molecule has 0 aliphatic heterocycles. The van der Waals surface area contributed by atoms with E-state index in [-0.39, 0.29) is 30.4 Å². The second-order valence-electron chi connectivity index (χ2n) is 10.4. The zero-order valence-corrected chi connectivity index (χ0v) is 21.0. The van der Waals surface area contributed by atoms with Gasteiger partial charge in [0.2, 0.25) is 5.91 Å². The Bertz CT molecular complexity index is 1010. The molecular weight excluding hydrogens is 444 g/mol. The van der Waals surface area contributed by atoms with Crippen molar-refractivity contribution < 1.29 is 24.2 Å². The predicted octanol–water partition coefficient (Wildman–Crippen LogP) is 4.95. The molecule has 3 rings (SSSR count). The first-order valence-electron chi connectivity index (χ1n) is 12.2. The lowest BCUT2D eigenvalue weighted by Crippen LogP contribution is -2.47. The number of amides is 2. The summed E-state index contributed by atoms with van der Waals surface area (Å²) < 4.78 is 5.58. The van der Waals surface area contributed by atoms with E-state index in [4.69, 9.17) is 4.74 Å². The van der Waals surface area contributed by atoms with Crippen molar-refractivity contribution in [1.29, 1.82) is 0 Å². The minimum Gasteiger partial charge on any atom is -0.480 e. The Kier molecular flexibility index (Phi) is 8.54. The van der Waals surface area contributed by atoms with Gasteiger partial charge in [-0.2, -0.15) is 0 Å². The Hall–Kier alpha value is -3.35. The number of hydrogen-bond acceptors (Lipinski definition) is 4. The summed E-state index contributed by atoms with van der Waals surface area (Å²) in [6.45, 7) is 8.13. The third kappa shape index (κ3) is 6.84. The van der Waals surface area contributed by atoms with Crippen LogP contribution in [-0.4, -0.2) is 42.3 Å². The van der Waals surface area contributed by atoms with Crippen LogP contribution in [0.4, 0.5) is 4.79 Å². The molecule has 7 heteroatoms. The lowest BCUT2D eigenvalue weighted by molar-refractivity contribution is -0.142. The molecule has 2 amide bonds. The quantitative estimate of drug-likeness (QED) is 0.446. The van der Waals surface area contributed by atoms with E-state index in [1.165, 1.54) is 0 Å². The molecular formula is C28H36N2O5. The van der Waals surface area contributed by atoms with E-state index in [1.807, 2.05) is 52.0 Å². The molecule has 0 heterocycles. The monoisotopic (exact) mass is 480 g/mol. The number of ether oxygens (including phenoxy) is 1. The van der Waals surface area contributed by atoms with E-state index >= 15 is 0 Å². The SMILES string of the molecule is CCC[C@@H](NC(=O)C(CNC(=O)OCC1c2ccccc2-c2ccccc21)CC(C)(C)C)C(=O)O. The number of carbonyl (C=O) groups is 3. The van der Waals surface area contributed by atoms with Gasteiger partial charge in [-0.15, -0.1) is 0 Å². The number of carboxylic acids is 1. The van der Waals surface area contributed by atoms with Gasteiger partial charge in [0, 0.05) is 12.5 Å². The minimum atomic E-state index is -1.06. The Morgan fingerprint density at radius 2 is 1.57 bits per heavy atom. The van der Waals surface area contributed by atoms with Crippen LogP contribution in [0.15, 0.2) is 48.5 Å². The Morgan fingerprint density at radius 1 is 1.00 bits per heavy atom. The number of benzene rings is 2. The number of carboxylic acid groups (broad SMARTS) is 1. The predicted molar refractivity (Wildman–Crippen MR) is 135 cm³/mol. The highest BCUT2D eigenvalue weighted by Crippen LogP contribution is 2.44. The largest absolute Gasteiger partial charge is 0.480 e. The number of carbonyl (C=O) groups excluding carboxylic acids is 2. The van der Waals surface area contributed by atoms with E-state index in [0.29, 0.717) is 19.3 Å². The molecule has 0 radical (unpaired) electrons. The van der Waals surface area contributed by atoms with Gasteiger partial charge in [0.1, 0.15) is 12.6 Å². The van der Waals surface area contributed by atoms with Gasteiger partial charge in [-0.3, -0.25) is 4.79 Å². The second-order valence-corrected chi connectivity index (χ2v) is 10.4. The first-order chi connectivity index (χ1) is 16.6. The summed E-state index contributed by atoms with van der Waals surface area (Å²) in [5.41, 5.74) is 4.37. The van der Waals surface area contributed by atoms with Crippen molar-refractivity contribution in [1.82, 2.24) is 10.6 Å². The minimum absolute atomic E-state index is 0.0489. The molecule has 2 aromatic rings. The highest BCUT2D eigenvalue weighted by Gasteiger charge is 2.31.